The van der Waals surface area contributed by atoms with Crippen LogP contribution in [0.25, 0.3) is 0 Å². The van der Waals surface area contributed by atoms with E-state index in [2.05, 4.69) is 4.98 Å². The van der Waals surface area contributed by atoms with Crippen molar-refractivity contribution in [1.29, 1.82) is 0 Å². The van der Waals surface area contributed by atoms with E-state index in [9.17, 15) is 14.0 Å². The molecule has 0 spiro atoms. The molecule has 2 heterocycles. The maximum absolute atomic E-state index is 13.6. The molecule has 0 saturated carbocycles. The van der Waals surface area contributed by atoms with Gasteiger partial charge in [-0.25, -0.2) is 4.98 Å². The Morgan fingerprint density at radius 1 is 1.57 bits per heavy atom. The van der Waals surface area contributed by atoms with Gasteiger partial charge in [0.1, 0.15) is 0 Å². The molecule has 0 radical (unpaired) electrons. The second kappa shape index (κ2) is 6.65. The normalized spacial score (nSPS) is 20.1. The Kier molecular flexibility index (Phi) is 4.88. The quantitative estimate of drug-likeness (QED) is 0.864. The van der Waals surface area contributed by atoms with Crippen LogP contribution in [0.5, 0.6) is 0 Å². The summed E-state index contributed by atoms with van der Waals surface area (Å²) in [6.45, 7) is 2.93. The average Bonchev–Trinajstić information content (AvgIpc) is 2.46. The number of carboxylic acid groups (broad SMARTS) is 1. The summed E-state index contributed by atoms with van der Waals surface area (Å²) in [6, 6.07) is 2.96. The molecule has 1 aliphatic rings. The van der Waals surface area contributed by atoms with Crippen LogP contribution in [0.15, 0.2) is 18.3 Å². The van der Waals surface area contributed by atoms with E-state index >= 15 is 0 Å². The molecule has 1 aromatic rings. The van der Waals surface area contributed by atoms with Gasteiger partial charge in [0.15, 0.2) is 0 Å². The molecule has 21 heavy (non-hydrogen) atoms. The fourth-order valence-electron chi connectivity index (χ4n) is 2.82. The first-order chi connectivity index (χ1) is 9.99. The van der Waals surface area contributed by atoms with Crippen LogP contribution in [-0.4, -0.2) is 40.0 Å². The van der Waals surface area contributed by atoms with E-state index in [-0.39, 0.29) is 29.7 Å². The van der Waals surface area contributed by atoms with Crippen molar-refractivity contribution in [1.82, 2.24) is 9.88 Å². The third kappa shape index (κ3) is 3.77. The fourth-order valence-corrected chi connectivity index (χ4v) is 2.82. The number of nitrogens with zero attached hydrogens (tertiary/aromatic N) is 2. The molecule has 1 aliphatic heterocycles. The van der Waals surface area contributed by atoms with E-state index in [0.29, 0.717) is 13.1 Å². The van der Waals surface area contributed by atoms with Gasteiger partial charge >= 0.3 is 5.97 Å². The maximum Gasteiger partial charge on any atom is 0.303 e. The van der Waals surface area contributed by atoms with Crippen LogP contribution in [0.1, 0.15) is 36.5 Å². The summed E-state index contributed by atoms with van der Waals surface area (Å²) in [5.74, 6) is -1.82. The van der Waals surface area contributed by atoms with E-state index < -0.39 is 11.9 Å². The number of rotatable bonds is 4. The highest BCUT2D eigenvalue weighted by atomic mass is 19.1. The van der Waals surface area contributed by atoms with Gasteiger partial charge in [-0.2, -0.15) is 4.39 Å². The van der Waals surface area contributed by atoms with E-state index in [1.54, 1.807) is 4.90 Å². The second-order valence-electron chi connectivity index (χ2n) is 5.57. The highest BCUT2D eigenvalue weighted by Crippen LogP contribution is 2.27. The molecule has 1 aromatic heterocycles. The molecule has 1 fully saturated rings. The lowest BCUT2D eigenvalue weighted by Gasteiger charge is -2.35. The van der Waals surface area contributed by atoms with Crippen LogP contribution in [-0.2, 0) is 4.79 Å². The summed E-state index contributed by atoms with van der Waals surface area (Å²) in [6.07, 6.45) is 3.10. The van der Waals surface area contributed by atoms with Crippen molar-refractivity contribution >= 4 is 11.9 Å². The van der Waals surface area contributed by atoms with Crippen LogP contribution < -0.4 is 0 Å². The van der Waals surface area contributed by atoms with Crippen LogP contribution in [0.2, 0.25) is 0 Å². The Labute approximate surface area is 122 Å². The van der Waals surface area contributed by atoms with Gasteiger partial charge in [-0.1, -0.05) is 6.92 Å². The molecule has 2 atom stereocenters. The first kappa shape index (κ1) is 15.4. The molecule has 0 aromatic carbocycles. The number of aromatic nitrogens is 1. The minimum atomic E-state index is -0.829. The lowest BCUT2D eigenvalue weighted by molar-refractivity contribution is -0.138. The lowest BCUT2D eigenvalue weighted by atomic mass is 9.84. The molecule has 1 N–H and O–H groups in total. The number of hydrogen-bond acceptors (Lipinski definition) is 3. The van der Waals surface area contributed by atoms with Crippen molar-refractivity contribution in [3.8, 4) is 0 Å². The van der Waals surface area contributed by atoms with Crippen molar-refractivity contribution in [2.75, 3.05) is 13.1 Å². The third-order valence-electron chi connectivity index (χ3n) is 4.04. The van der Waals surface area contributed by atoms with Crippen molar-refractivity contribution < 1.29 is 19.1 Å². The van der Waals surface area contributed by atoms with Gasteiger partial charge in [-0.3, -0.25) is 9.59 Å². The number of amides is 1. The zero-order valence-corrected chi connectivity index (χ0v) is 12.0. The van der Waals surface area contributed by atoms with Crippen molar-refractivity contribution in [3.63, 3.8) is 0 Å². The van der Waals surface area contributed by atoms with E-state index in [0.717, 1.165) is 12.8 Å². The number of carbonyl (C=O) groups excluding carboxylic acids is 1. The largest absolute Gasteiger partial charge is 0.481 e. The van der Waals surface area contributed by atoms with Crippen LogP contribution in [0.4, 0.5) is 4.39 Å². The number of aliphatic carboxylic acids is 1. The first-order valence-corrected chi connectivity index (χ1v) is 7.10. The van der Waals surface area contributed by atoms with Crippen molar-refractivity contribution in [2.45, 2.75) is 26.2 Å². The molecular weight excluding hydrogens is 275 g/mol. The molecular formula is C15H19FN2O3. The molecule has 1 amide bonds. The summed E-state index contributed by atoms with van der Waals surface area (Å²) in [4.78, 5) is 28.2. The first-order valence-electron chi connectivity index (χ1n) is 7.10. The number of piperidine rings is 1. The fraction of sp³-hybridized carbons (Fsp3) is 0.533. The maximum atomic E-state index is 13.6. The zero-order chi connectivity index (χ0) is 15.4. The van der Waals surface area contributed by atoms with E-state index in [4.69, 9.17) is 5.11 Å². The second-order valence-corrected chi connectivity index (χ2v) is 5.57. The molecule has 114 valence electrons. The van der Waals surface area contributed by atoms with Crippen LogP contribution in [0, 0.1) is 17.8 Å². The molecule has 1 saturated heterocycles. The minimum Gasteiger partial charge on any atom is -0.481 e. The number of likely N-dealkylation sites (tertiary alicyclic amines) is 1. The minimum absolute atomic E-state index is 0.00292. The highest BCUT2D eigenvalue weighted by Gasteiger charge is 2.29. The molecule has 6 heteroatoms. The third-order valence-corrected chi connectivity index (χ3v) is 4.04. The van der Waals surface area contributed by atoms with Gasteiger partial charge in [-0.15, -0.1) is 0 Å². The number of carbonyl (C=O) groups is 2. The Hall–Kier alpha value is -1.98. The molecule has 0 aliphatic carbocycles. The number of carboxylic acids is 1. The SMILES string of the molecule is CC(CC(=O)O)C1CCCN(C(=O)c2cccnc2F)C1. The molecule has 2 rings (SSSR count). The summed E-state index contributed by atoms with van der Waals surface area (Å²) in [5.41, 5.74) is -0.0240. The summed E-state index contributed by atoms with van der Waals surface area (Å²) in [7, 11) is 0. The van der Waals surface area contributed by atoms with Gasteiger partial charge in [0, 0.05) is 25.7 Å². The van der Waals surface area contributed by atoms with Crippen LogP contribution in [0.3, 0.4) is 0 Å². The smallest absolute Gasteiger partial charge is 0.303 e. The number of hydrogen-bond donors (Lipinski definition) is 1. The Balaban J connectivity index is 2.05. The molecule has 2 unspecified atom stereocenters. The Morgan fingerprint density at radius 2 is 2.33 bits per heavy atom. The summed E-state index contributed by atoms with van der Waals surface area (Å²) in [5, 5.41) is 8.87. The van der Waals surface area contributed by atoms with E-state index in [1.807, 2.05) is 6.92 Å². The highest BCUT2D eigenvalue weighted by molar-refractivity contribution is 5.94. The van der Waals surface area contributed by atoms with E-state index in [1.165, 1.54) is 18.3 Å². The van der Waals surface area contributed by atoms with Crippen molar-refractivity contribution in [3.05, 3.63) is 29.8 Å². The number of halogens is 1. The summed E-state index contributed by atoms with van der Waals surface area (Å²) < 4.78 is 13.6. The van der Waals surface area contributed by atoms with Gasteiger partial charge in [0.25, 0.3) is 5.91 Å². The predicted octanol–water partition coefficient (Wildman–Crippen LogP) is 2.18. The molecule has 5 nitrogen and oxygen atoms in total. The zero-order valence-electron chi connectivity index (χ0n) is 12.0. The van der Waals surface area contributed by atoms with Gasteiger partial charge < -0.3 is 10.0 Å². The van der Waals surface area contributed by atoms with Gasteiger partial charge in [0.2, 0.25) is 5.95 Å². The van der Waals surface area contributed by atoms with Crippen LogP contribution >= 0.6 is 0 Å². The van der Waals surface area contributed by atoms with Gasteiger partial charge in [0.05, 0.1) is 5.56 Å². The summed E-state index contributed by atoms with van der Waals surface area (Å²) >= 11 is 0. The lowest BCUT2D eigenvalue weighted by Crippen LogP contribution is -2.42. The Bertz CT molecular complexity index is 535. The average molecular weight is 294 g/mol. The van der Waals surface area contributed by atoms with Crippen molar-refractivity contribution in [2.24, 2.45) is 11.8 Å². The standard InChI is InChI=1S/C15H19FN2O3/c1-10(8-13(19)20)11-4-3-7-18(9-11)15(21)12-5-2-6-17-14(12)16/h2,5-6,10-11H,3-4,7-9H2,1H3,(H,19,20). The monoisotopic (exact) mass is 294 g/mol. The number of pyridine rings is 1. The topological polar surface area (TPSA) is 70.5 Å². The van der Waals surface area contributed by atoms with Gasteiger partial charge in [-0.05, 0) is 36.8 Å². The molecule has 0 bridgehead atoms. The predicted molar refractivity (Wildman–Crippen MR) is 74.2 cm³/mol. The Morgan fingerprint density at radius 3 is 3.00 bits per heavy atom.